The van der Waals surface area contributed by atoms with E-state index in [9.17, 15) is 4.79 Å². The van der Waals surface area contributed by atoms with Gasteiger partial charge in [-0.25, -0.2) is 0 Å². The summed E-state index contributed by atoms with van der Waals surface area (Å²) in [7, 11) is 0. The van der Waals surface area contributed by atoms with Crippen LogP contribution in [0.2, 0.25) is 0 Å². The van der Waals surface area contributed by atoms with Crippen molar-refractivity contribution in [2.45, 2.75) is 37.8 Å². The minimum atomic E-state index is -0.0840. The molecule has 27 heavy (non-hydrogen) atoms. The molecule has 3 aromatic rings. The molecule has 2 atom stereocenters. The molecule has 0 aliphatic heterocycles. The predicted molar refractivity (Wildman–Crippen MR) is 102 cm³/mol. The Morgan fingerprint density at radius 3 is 2.70 bits per heavy atom. The van der Waals surface area contributed by atoms with Crippen molar-refractivity contribution in [2.24, 2.45) is 0 Å². The van der Waals surface area contributed by atoms with Gasteiger partial charge in [-0.05, 0) is 49.2 Å². The van der Waals surface area contributed by atoms with Crippen molar-refractivity contribution >= 4 is 5.91 Å². The fourth-order valence-corrected chi connectivity index (χ4v) is 3.57. The van der Waals surface area contributed by atoms with Crippen molar-refractivity contribution in [2.75, 3.05) is 0 Å². The number of nitrogens with zero attached hydrogens (tertiary/aromatic N) is 3. The quantitative estimate of drug-likeness (QED) is 0.745. The Bertz CT molecular complexity index is 880. The molecule has 0 spiro atoms. The summed E-state index contributed by atoms with van der Waals surface area (Å²) in [6, 6.07) is 13.0. The number of benzene rings is 1. The van der Waals surface area contributed by atoms with E-state index < -0.39 is 0 Å². The van der Waals surface area contributed by atoms with Gasteiger partial charge in [0.1, 0.15) is 11.5 Å². The van der Waals surface area contributed by atoms with Crippen LogP contribution in [0.1, 0.15) is 42.1 Å². The van der Waals surface area contributed by atoms with Crippen LogP contribution in [0.3, 0.4) is 0 Å². The third-order valence-electron chi connectivity index (χ3n) is 4.89. The number of nitrogens with one attached hydrogen (secondary N) is 1. The second-order valence-electron chi connectivity index (χ2n) is 6.73. The maximum atomic E-state index is 12.8. The zero-order chi connectivity index (χ0) is 18.5. The lowest BCUT2D eigenvalue weighted by Gasteiger charge is -2.32. The Labute approximate surface area is 158 Å². The van der Waals surface area contributed by atoms with Crippen molar-refractivity contribution in [1.29, 1.82) is 0 Å². The lowest BCUT2D eigenvalue weighted by Crippen LogP contribution is -2.43. The normalized spacial score (nSPS) is 19.4. The number of hydrogen-bond donors (Lipinski definition) is 1. The molecule has 1 amide bonds. The van der Waals surface area contributed by atoms with E-state index in [0.29, 0.717) is 17.1 Å². The van der Waals surface area contributed by atoms with E-state index >= 15 is 0 Å². The van der Waals surface area contributed by atoms with Crippen LogP contribution in [0.15, 0.2) is 67.3 Å². The molecule has 4 rings (SSSR count). The van der Waals surface area contributed by atoms with Gasteiger partial charge in [-0.1, -0.05) is 18.9 Å². The monoisotopic (exact) mass is 362 g/mol. The maximum Gasteiger partial charge on any atom is 0.251 e. The number of aromatic nitrogens is 3. The number of rotatable bonds is 5. The molecule has 6 heteroatoms. The third kappa shape index (κ3) is 4.16. The fourth-order valence-electron chi connectivity index (χ4n) is 3.57. The number of carbonyl (C=O) groups excluding carboxylic acids is 1. The lowest BCUT2D eigenvalue weighted by atomic mass is 9.90. The highest BCUT2D eigenvalue weighted by molar-refractivity contribution is 5.94. The van der Waals surface area contributed by atoms with Crippen LogP contribution < -0.4 is 10.1 Å². The van der Waals surface area contributed by atoms with E-state index in [-0.39, 0.29) is 18.0 Å². The second-order valence-corrected chi connectivity index (χ2v) is 6.73. The summed E-state index contributed by atoms with van der Waals surface area (Å²) in [5, 5.41) is 7.57. The van der Waals surface area contributed by atoms with E-state index in [1.807, 2.05) is 29.1 Å². The Morgan fingerprint density at radius 2 is 1.89 bits per heavy atom. The van der Waals surface area contributed by atoms with Crippen LogP contribution in [0.4, 0.5) is 0 Å². The van der Waals surface area contributed by atoms with Gasteiger partial charge in [-0.2, -0.15) is 5.10 Å². The van der Waals surface area contributed by atoms with Gasteiger partial charge in [0.2, 0.25) is 0 Å². The predicted octanol–water partition coefficient (Wildman–Crippen LogP) is 3.98. The van der Waals surface area contributed by atoms with Crippen LogP contribution in [0, 0.1) is 0 Å². The average molecular weight is 362 g/mol. The molecule has 0 unspecified atom stereocenters. The molecule has 2 heterocycles. The largest absolute Gasteiger partial charge is 0.457 e. The first-order chi connectivity index (χ1) is 13.3. The second kappa shape index (κ2) is 8.03. The van der Waals surface area contributed by atoms with Crippen molar-refractivity contribution in [3.8, 4) is 11.5 Å². The summed E-state index contributed by atoms with van der Waals surface area (Å²) in [4.78, 5) is 16.8. The first-order valence-corrected chi connectivity index (χ1v) is 9.27. The zero-order valence-electron chi connectivity index (χ0n) is 15.0. The maximum absolute atomic E-state index is 12.8. The van der Waals surface area contributed by atoms with Crippen molar-refractivity contribution in [1.82, 2.24) is 20.1 Å². The summed E-state index contributed by atoms with van der Waals surface area (Å²) >= 11 is 0. The van der Waals surface area contributed by atoms with Gasteiger partial charge in [0.25, 0.3) is 5.91 Å². The molecule has 0 saturated heterocycles. The topological polar surface area (TPSA) is 69.0 Å². The van der Waals surface area contributed by atoms with E-state index in [1.54, 1.807) is 42.9 Å². The van der Waals surface area contributed by atoms with Crippen LogP contribution in [-0.4, -0.2) is 26.7 Å². The van der Waals surface area contributed by atoms with Gasteiger partial charge < -0.3 is 10.1 Å². The van der Waals surface area contributed by atoms with Crippen molar-refractivity contribution < 1.29 is 9.53 Å². The summed E-state index contributed by atoms with van der Waals surface area (Å²) in [5.74, 6) is 1.23. The number of ether oxygens (including phenoxy) is 1. The Hall–Kier alpha value is -3.15. The van der Waals surface area contributed by atoms with Crippen LogP contribution >= 0.6 is 0 Å². The highest BCUT2D eigenvalue weighted by atomic mass is 16.5. The number of hydrogen-bond acceptors (Lipinski definition) is 4. The Kier molecular flexibility index (Phi) is 5.14. The first kappa shape index (κ1) is 17.3. The molecule has 0 radical (unpaired) electrons. The van der Waals surface area contributed by atoms with Crippen molar-refractivity contribution in [3.63, 3.8) is 0 Å². The lowest BCUT2D eigenvalue weighted by molar-refractivity contribution is 0.0905. The van der Waals surface area contributed by atoms with E-state index in [2.05, 4.69) is 15.4 Å². The number of carbonyl (C=O) groups is 1. The van der Waals surface area contributed by atoms with Gasteiger partial charge in [0.15, 0.2) is 0 Å². The third-order valence-corrected chi connectivity index (χ3v) is 4.89. The molecule has 1 aliphatic rings. The molecule has 6 nitrogen and oxygen atoms in total. The number of pyridine rings is 1. The Morgan fingerprint density at radius 1 is 1.04 bits per heavy atom. The molecule has 2 aromatic heterocycles. The summed E-state index contributed by atoms with van der Waals surface area (Å²) in [6.07, 6.45) is 11.4. The highest BCUT2D eigenvalue weighted by Crippen LogP contribution is 2.28. The summed E-state index contributed by atoms with van der Waals surface area (Å²) < 4.78 is 7.77. The molecule has 138 valence electrons. The molecular weight excluding hydrogens is 340 g/mol. The molecule has 1 aliphatic carbocycles. The van der Waals surface area contributed by atoms with Crippen LogP contribution in [0.25, 0.3) is 0 Å². The van der Waals surface area contributed by atoms with Crippen LogP contribution in [0.5, 0.6) is 11.5 Å². The van der Waals surface area contributed by atoms with Gasteiger partial charge in [0.05, 0.1) is 12.1 Å². The summed E-state index contributed by atoms with van der Waals surface area (Å²) in [6.45, 7) is 0. The van der Waals surface area contributed by atoms with Gasteiger partial charge in [0, 0.05) is 30.4 Å². The van der Waals surface area contributed by atoms with E-state index in [4.69, 9.17) is 4.74 Å². The minimum absolute atomic E-state index is 0.0796. The standard InChI is InChI=1S/C21H22N4O2/c26-21(24-19-7-1-2-8-20(19)25-14-4-11-23-25)16-5-3-6-18(15-16)27-17-9-12-22-13-10-17/h3-6,9-15,19-20H,1-2,7-8H2,(H,24,26)/t19-,20-/m1/s1. The molecule has 1 fully saturated rings. The minimum Gasteiger partial charge on any atom is -0.457 e. The molecular formula is C21H22N4O2. The average Bonchev–Trinajstić information content (AvgIpc) is 3.24. The molecule has 1 saturated carbocycles. The molecule has 1 N–H and O–H groups in total. The zero-order valence-corrected chi connectivity index (χ0v) is 15.0. The molecule has 0 bridgehead atoms. The number of amides is 1. The van der Waals surface area contributed by atoms with Gasteiger partial charge >= 0.3 is 0 Å². The highest BCUT2D eigenvalue weighted by Gasteiger charge is 2.28. The fraction of sp³-hybridized carbons (Fsp3) is 0.286. The first-order valence-electron chi connectivity index (χ1n) is 9.27. The Balaban J connectivity index is 1.47. The van der Waals surface area contributed by atoms with E-state index in [0.717, 1.165) is 25.7 Å². The molecule has 1 aromatic carbocycles. The SMILES string of the molecule is O=C(N[C@@H]1CCCC[C@H]1n1cccn1)c1cccc(Oc2ccncc2)c1. The summed E-state index contributed by atoms with van der Waals surface area (Å²) in [5.41, 5.74) is 0.589. The van der Waals surface area contributed by atoms with Crippen LogP contribution in [-0.2, 0) is 0 Å². The van der Waals surface area contributed by atoms with Gasteiger partial charge in [-0.15, -0.1) is 0 Å². The smallest absolute Gasteiger partial charge is 0.251 e. The van der Waals surface area contributed by atoms with E-state index in [1.165, 1.54) is 0 Å². The van der Waals surface area contributed by atoms with Gasteiger partial charge in [-0.3, -0.25) is 14.5 Å². The van der Waals surface area contributed by atoms with Crippen molar-refractivity contribution in [3.05, 3.63) is 72.8 Å².